The quantitative estimate of drug-likeness (QED) is 0.587. The first-order valence-electron chi connectivity index (χ1n) is 6.92. The summed E-state index contributed by atoms with van der Waals surface area (Å²) in [5.41, 5.74) is 6.94. The first-order valence-corrected chi connectivity index (χ1v) is 6.92. The van der Waals surface area contributed by atoms with Gasteiger partial charge < -0.3 is 16.2 Å². The topological polar surface area (TPSA) is 75.4 Å². The molecule has 106 valence electrons. The summed E-state index contributed by atoms with van der Waals surface area (Å²) in [6.45, 7) is 0.904. The van der Waals surface area contributed by atoms with E-state index in [2.05, 4.69) is 5.32 Å². The number of hydrogen-bond acceptors (Lipinski definition) is 3. The van der Waals surface area contributed by atoms with Crippen molar-refractivity contribution in [3.05, 3.63) is 35.9 Å². The smallest absolute Gasteiger partial charge is 0.237 e. The summed E-state index contributed by atoms with van der Waals surface area (Å²) in [7, 11) is 0. The van der Waals surface area contributed by atoms with Crippen LogP contribution in [0.1, 0.15) is 31.2 Å². The van der Waals surface area contributed by atoms with E-state index < -0.39 is 6.04 Å². The predicted molar refractivity (Wildman–Crippen MR) is 76.7 cm³/mol. The number of rotatable bonds is 9. The van der Waals surface area contributed by atoms with Gasteiger partial charge >= 0.3 is 0 Å². The second-order valence-corrected chi connectivity index (χ2v) is 4.73. The standard InChI is InChI=1S/C15H24N2O2/c16-14(12-13-8-4-3-5-9-13)15(19)17-10-6-1-2-7-11-18/h3-5,8-9,14,18H,1-2,6-7,10-12,16H2,(H,17,19)/t14-/m1/s1. The zero-order valence-corrected chi connectivity index (χ0v) is 11.3. The minimum atomic E-state index is -0.486. The molecule has 1 aromatic rings. The van der Waals surface area contributed by atoms with Crippen LogP contribution in [0.5, 0.6) is 0 Å². The van der Waals surface area contributed by atoms with E-state index in [0.717, 1.165) is 31.2 Å². The number of nitrogens with one attached hydrogen (secondary N) is 1. The summed E-state index contributed by atoms with van der Waals surface area (Å²) in [4.78, 5) is 11.8. The number of aliphatic hydroxyl groups excluding tert-OH is 1. The third kappa shape index (κ3) is 6.94. The van der Waals surface area contributed by atoms with E-state index in [0.29, 0.717) is 13.0 Å². The maximum absolute atomic E-state index is 11.8. The molecule has 0 aliphatic carbocycles. The molecule has 4 heteroatoms. The maximum Gasteiger partial charge on any atom is 0.237 e. The van der Waals surface area contributed by atoms with Gasteiger partial charge in [0, 0.05) is 13.2 Å². The van der Waals surface area contributed by atoms with Gasteiger partial charge in [0.1, 0.15) is 0 Å². The van der Waals surface area contributed by atoms with Gasteiger partial charge in [0.05, 0.1) is 6.04 Å². The van der Waals surface area contributed by atoms with Gasteiger partial charge in [-0.25, -0.2) is 0 Å². The normalized spacial score (nSPS) is 12.1. The van der Waals surface area contributed by atoms with Crippen molar-refractivity contribution in [2.45, 2.75) is 38.1 Å². The van der Waals surface area contributed by atoms with Crippen molar-refractivity contribution in [2.75, 3.05) is 13.2 Å². The number of carbonyl (C=O) groups excluding carboxylic acids is 1. The van der Waals surface area contributed by atoms with Crippen molar-refractivity contribution in [2.24, 2.45) is 5.73 Å². The molecule has 0 heterocycles. The minimum absolute atomic E-state index is 0.0917. The summed E-state index contributed by atoms with van der Waals surface area (Å²) in [6, 6.07) is 9.30. The molecule has 0 spiro atoms. The molecule has 1 amide bonds. The van der Waals surface area contributed by atoms with Crippen LogP contribution in [0.25, 0.3) is 0 Å². The number of unbranched alkanes of at least 4 members (excludes halogenated alkanes) is 3. The molecule has 4 nitrogen and oxygen atoms in total. The zero-order chi connectivity index (χ0) is 13.9. The Morgan fingerprint density at radius 1 is 1.16 bits per heavy atom. The van der Waals surface area contributed by atoms with Crippen molar-refractivity contribution in [3.63, 3.8) is 0 Å². The van der Waals surface area contributed by atoms with Gasteiger partial charge in [-0.15, -0.1) is 0 Å². The first-order chi connectivity index (χ1) is 9.24. The Morgan fingerprint density at radius 3 is 2.53 bits per heavy atom. The SMILES string of the molecule is N[C@H](Cc1ccccc1)C(=O)NCCCCCCO. The van der Waals surface area contributed by atoms with E-state index >= 15 is 0 Å². The summed E-state index contributed by atoms with van der Waals surface area (Å²) in [5.74, 6) is -0.0917. The van der Waals surface area contributed by atoms with E-state index in [-0.39, 0.29) is 12.5 Å². The molecule has 0 radical (unpaired) electrons. The Bertz CT molecular complexity index is 354. The van der Waals surface area contributed by atoms with Gasteiger partial charge in [-0.2, -0.15) is 0 Å². The van der Waals surface area contributed by atoms with Crippen molar-refractivity contribution in [3.8, 4) is 0 Å². The number of carbonyl (C=O) groups is 1. The molecule has 1 rings (SSSR count). The second-order valence-electron chi connectivity index (χ2n) is 4.73. The molecule has 0 unspecified atom stereocenters. The molecule has 0 fully saturated rings. The molecule has 1 atom stereocenters. The van der Waals surface area contributed by atoms with E-state index in [1.54, 1.807) is 0 Å². The van der Waals surface area contributed by atoms with Gasteiger partial charge in [-0.05, 0) is 24.8 Å². The van der Waals surface area contributed by atoms with Gasteiger partial charge in [0.25, 0.3) is 0 Å². The van der Waals surface area contributed by atoms with E-state index in [1.165, 1.54) is 0 Å². The van der Waals surface area contributed by atoms with Crippen molar-refractivity contribution in [1.29, 1.82) is 0 Å². The van der Waals surface area contributed by atoms with Crippen LogP contribution in [-0.4, -0.2) is 30.2 Å². The van der Waals surface area contributed by atoms with Gasteiger partial charge in [0.15, 0.2) is 0 Å². The van der Waals surface area contributed by atoms with Crippen LogP contribution in [-0.2, 0) is 11.2 Å². The largest absolute Gasteiger partial charge is 0.396 e. The van der Waals surface area contributed by atoms with Crippen LogP contribution < -0.4 is 11.1 Å². The zero-order valence-electron chi connectivity index (χ0n) is 11.3. The van der Waals surface area contributed by atoms with Gasteiger partial charge in [-0.3, -0.25) is 4.79 Å². The molecule has 0 aromatic heterocycles. The molecule has 0 bridgehead atoms. The fourth-order valence-electron chi connectivity index (χ4n) is 1.89. The molecule has 4 N–H and O–H groups in total. The van der Waals surface area contributed by atoms with Crippen LogP contribution in [0.4, 0.5) is 0 Å². The lowest BCUT2D eigenvalue weighted by atomic mass is 10.1. The number of nitrogens with two attached hydrogens (primary N) is 1. The van der Waals surface area contributed by atoms with Crippen LogP contribution in [0.15, 0.2) is 30.3 Å². The third-order valence-electron chi connectivity index (χ3n) is 3.02. The van der Waals surface area contributed by atoms with Crippen molar-refractivity contribution < 1.29 is 9.90 Å². The van der Waals surface area contributed by atoms with E-state index in [1.807, 2.05) is 30.3 Å². The molecule has 0 aliphatic rings. The summed E-state index contributed by atoms with van der Waals surface area (Å²) < 4.78 is 0. The molecule has 1 aromatic carbocycles. The highest BCUT2D eigenvalue weighted by Gasteiger charge is 2.12. The number of benzene rings is 1. The number of amides is 1. The summed E-state index contributed by atoms with van der Waals surface area (Å²) >= 11 is 0. The monoisotopic (exact) mass is 264 g/mol. The molecular formula is C15H24N2O2. The lowest BCUT2D eigenvalue weighted by Gasteiger charge is -2.12. The second kappa shape index (κ2) is 9.53. The highest BCUT2D eigenvalue weighted by atomic mass is 16.2. The molecule has 19 heavy (non-hydrogen) atoms. The maximum atomic E-state index is 11.8. The summed E-state index contributed by atoms with van der Waals surface area (Å²) in [6.07, 6.45) is 4.36. The third-order valence-corrected chi connectivity index (χ3v) is 3.02. The lowest BCUT2D eigenvalue weighted by Crippen LogP contribution is -2.42. The Hall–Kier alpha value is -1.39. The average molecular weight is 264 g/mol. The van der Waals surface area contributed by atoms with Crippen molar-refractivity contribution in [1.82, 2.24) is 5.32 Å². The van der Waals surface area contributed by atoms with Gasteiger partial charge in [-0.1, -0.05) is 43.2 Å². The fraction of sp³-hybridized carbons (Fsp3) is 0.533. The highest BCUT2D eigenvalue weighted by Crippen LogP contribution is 2.02. The Kier molecular flexibility index (Phi) is 7.86. The van der Waals surface area contributed by atoms with Crippen LogP contribution in [0.3, 0.4) is 0 Å². The highest BCUT2D eigenvalue weighted by molar-refractivity contribution is 5.81. The number of hydrogen-bond donors (Lipinski definition) is 3. The molecular weight excluding hydrogens is 240 g/mol. The number of aliphatic hydroxyl groups is 1. The Morgan fingerprint density at radius 2 is 1.84 bits per heavy atom. The van der Waals surface area contributed by atoms with Crippen LogP contribution in [0, 0.1) is 0 Å². The molecule has 0 saturated heterocycles. The summed E-state index contributed by atoms with van der Waals surface area (Å²) in [5, 5.41) is 11.5. The van der Waals surface area contributed by atoms with Crippen LogP contribution in [0.2, 0.25) is 0 Å². The lowest BCUT2D eigenvalue weighted by molar-refractivity contribution is -0.122. The molecule has 0 saturated carbocycles. The average Bonchev–Trinajstić information content (AvgIpc) is 2.43. The molecule has 0 aliphatic heterocycles. The first kappa shape index (κ1) is 15.7. The van der Waals surface area contributed by atoms with E-state index in [9.17, 15) is 4.79 Å². The Balaban J connectivity index is 2.15. The Labute approximate surface area is 115 Å². The predicted octanol–water partition coefficient (Wildman–Crippen LogP) is 1.23. The van der Waals surface area contributed by atoms with E-state index in [4.69, 9.17) is 10.8 Å². The van der Waals surface area contributed by atoms with Crippen molar-refractivity contribution >= 4 is 5.91 Å². The minimum Gasteiger partial charge on any atom is -0.396 e. The van der Waals surface area contributed by atoms with Crippen LogP contribution >= 0.6 is 0 Å². The fourth-order valence-corrected chi connectivity index (χ4v) is 1.89. The van der Waals surface area contributed by atoms with Gasteiger partial charge in [0.2, 0.25) is 5.91 Å².